The second kappa shape index (κ2) is 6.91. The molecule has 5 nitrogen and oxygen atoms in total. The van der Waals surface area contributed by atoms with Gasteiger partial charge in [-0.05, 0) is 49.4 Å². The maximum atomic E-state index is 11.8. The third-order valence-electron chi connectivity index (χ3n) is 3.89. The van der Waals surface area contributed by atoms with Crippen LogP contribution in [0.3, 0.4) is 0 Å². The highest BCUT2D eigenvalue weighted by Gasteiger charge is 2.51. The highest BCUT2D eigenvalue weighted by atomic mass is 16.5. The number of aliphatic hydroxyl groups is 1. The summed E-state index contributed by atoms with van der Waals surface area (Å²) >= 11 is 0. The van der Waals surface area contributed by atoms with Crippen molar-refractivity contribution in [1.29, 1.82) is 0 Å². The van der Waals surface area contributed by atoms with E-state index < -0.39 is 11.5 Å². The van der Waals surface area contributed by atoms with E-state index in [1.807, 2.05) is 6.92 Å². The summed E-state index contributed by atoms with van der Waals surface area (Å²) < 4.78 is 5.72. The molecule has 1 atom stereocenters. The fourth-order valence-corrected chi connectivity index (χ4v) is 2.48. The molecule has 1 fully saturated rings. The second-order valence-corrected chi connectivity index (χ2v) is 5.57. The summed E-state index contributed by atoms with van der Waals surface area (Å²) in [6, 6.07) is 7.10. The average Bonchev–Trinajstić information content (AvgIpc) is 3.32. The van der Waals surface area contributed by atoms with Crippen LogP contribution in [0.25, 0.3) is 0 Å². The maximum absolute atomic E-state index is 11.8. The van der Waals surface area contributed by atoms with E-state index in [1.54, 1.807) is 24.3 Å². The van der Waals surface area contributed by atoms with Crippen LogP contribution in [0.15, 0.2) is 24.3 Å². The normalized spacial score (nSPS) is 17.2. The predicted octanol–water partition coefficient (Wildman–Crippen LogP) is 1.79. The molecule has 0 aromatic heterocycles. The SMILES string of the molecule is CCCNC(COc1cccc(CO)c1)(C(=O)O)C1CC1. The predicted molar refractivity (Wildman–Crippen MR) is 79.2 cm³/mol. The van der Waals surface area contributed by atoms with Crippen LogP contribution < -0.4 is 10.1 Å². The molecule has 0 aliphatic heterocycles. The lowest BCUT2D eigenvalue weighted by Gasteiger charge is -2.30. The van der Waals surface area contributed by atoms with Crippen LogP contribution in [-0.4, -0.2) is 34.9 Å². The van der Waals surface area contributed by atoms with E-state index in [4.69, 9.17) is 9.84 Å². The van der Waals surface area contributed by atoms with E-state index in [1.165, 1.54) is 0 Å². The molecule has 0 radical (unpaired) electrons. The number of benzene rings is 1. The molecule has 1 aromatic carbocycles. The van der Waals surface area contributed by atoms with Gasteiger partial charge in [0, 0.05) is 0 Å². The van der Waals surface area contributed by atoms with Crippen molar-refractivity contribution in [3.8, 4) is 5.75 Å². The zero-order valence-corrected chi connectivity index (χ0v) is 12.3. The van der Waals surface area contributed by atoms with Crippen LogP contribution in [0.4, 0.5) is 0 Å². The van der Waals surface area contributed by atoms with Gasteiger partial charge < -0.3 is 14.9 Å². The van der Waals surface area contributed by atoms with Crippen molar-refractivity contribution in [3.05, 3.63) is 29.8 Å². The smallest absolute Gasteiger partial charge is 0.327 e. The Morgan fingerprint density at radius 1 is 1.48 bits per heavy atom. The van der Waals surface area contributed by atoms with Crippen LogP contribution >= 0.6 is 0 Å². The molecule has 0 heterocycles. The Kier molecular flexibility index (Phi) is 5.20. The van der Waals surface area contributed by atoms with Gasteiger partial charge in [0.05, 0.1) is 6.61 Å². The first kappa shape index (κ1) is 15.8. The summed E-state index contributed by atoms with van der Waals surface area (Å²) in [4.78, 5) is 11.8. The van der Waals surface area contributed by atoms with Crippen LogP contribution in [0, 0.1) is 5.92 Å². The summed E-state index contributed by atoms with van der Waals surface area (Å²) in [6.07, 6.45) is 2.72. The molecular formula is C16H23NO4. The fourth-order valence-electron chi connectivity index (χ4n) is 2.48. The van der Waals surface area contributed by atoms with Gasteiger partial charge in [-0.15, -0.1) is 0 Å². The summed E-state index contributed by atoms with van der Waals surface area (Å²) in [5, 5.41) is 22.0. The van der Waals surface area contributed by atoms with E-state index in [0.29, 0.717) is 12.3 Å². The monoisotopic (exact) mass is 293 g/mol. The Labute approximate surface area is 124 Å². The Morgan fingerprint density at radius 3 is 2.81 bits per heavy atom. The molecule has 3 N–H and O–H groups in total. The minimum atomic E-state index is -1.01. The van der Waals surface area contributed by atoms with E-state index in [9.17, 15) is 9.90 Å². The molecule has 2 rings (SSSR count). The van der Waals surface area contributed by atoms with Crippen LogP contribution in [0.5, 0.6) is 5.75 Å². The zero-order chi connectivity index (χ0) is 15.3. The lowest BCUT2D eigenvalue weighted by atomic mass is 9.94. The molecule has 0 amide bonds. The minimum Gasteiger partial charge on any atom is -0.491 e. The number of hydrogen-bond acceptors (Lipinski definition) is 4. The topological polar surface area (TPSA) is 78.8 Å². The van der Waals surface area contributed by atoms with Crippen molar-refractivity contribution in [2.75, 3.05) is 13.2 Å². The fraction of sp³-hybridized carbons (Fsp3) is 0.562. The summed E-state index contributed by atoms with van der Waals surface area (Å²) in [7, 11) is 0. The molecule has 21 heavy (non-hydrogen) atoms. The first-order valence-electron chi connectivity index (χ1n) is 7.43. The first-order chi connectivity index (χ1) is 10.1. The molecule has 0 saturated heterocycles. The second-order valence-electron chi connectivity index (χ2n) is 5.57. The highest BCUT2D eigenvalue weighted by Crippen LogP contribution is 2.40. The summed E-state index contributed by atoms with van der Waals surface area (Å²) in [5.74, 6) is -0.134. The molecule has 1 saturated carbocycles. The van der Waals surface area contributed by atoms with Crippen molar-refractivity contribution >= 4 is 5.97 Å². The Morgan fingerprint density at radius 2 is 2.24 bits per heavy atom. The average molecular weight is 293 g/mol. The van der Waals surface area contributed by atoms with Crippen molar-refractivity contribution in [2.45, 2.75) is 38.3 Å². The van der Waals surface area contributed by atoms with E-state index in [-0.39, 0.29) is 19.1 Å². The number of aliphatic hydroxyl groups excluding tert-OH is 1. The van der Waals surface area contributed by atoms with Crippen molar-refractivity contribution < 1.29 is 19.7 Å². The molecule has 5 heteroatoms. The van der Waals surface area contributed by atoms with Gasteiger partial charge >= 0.3 is 5.97 Å². The Balaban J connectivity index is 2.09. The highest BCUT2D eigenvalue weighted by molar-refractivity contribution is 5.80. The number of nitrogens with one attached hydrogen (secondary N) is 1. The molecule has 116 valence electrons. The first-order valence-corrected chi connectivity index (χ1v) is 7.43. The zero-order valence-electron chi connectivity index (χ0n) is 12.3. The number of carboxylic acids is 1. The van der Waals surface area contributed by atoms with Gasteiger partial charge in [0.1, 0.15) is 12.4 Å². The van der Waals surface area contributed by atoms with Crippen LogP contribution in [0.1, 0.15) is 31.7 Å². The quantitative estimate of drug-likeness (QED) is 0.647. The summed E-state index contributed by atoms with van der Waals surface area (Å²) in [5.41, 5.74) is -0.257. The molecule has 1 unspecified atom stereocenters. The summed E-state index contributed by atoms with van der Waals surface area (Å²) in [6.45, 7) is 2.71. The lowest BCUT2D eigenvalue weighted by Crippen LogP contribution is -2.58. The molecule has 0 bridgehead atoms. The minimum absolute atomic E-state index is 0.0576. The van der Waals surface area contributed by atoms with Gasteiger partial charge in [-0.1, -0.05) is 19.1 Å². The lowest BCUT2D eigenvalue weighted by molar-refractivity contribution is -0.147. The third-order valence-corrected chi connectivity index (χ3v) is 3.89. The Hall–Kier alpha value is -1.59. The van der Waals surface area contributed by atoms with E-state index in [0.717, 1.165) is 24.8 Å². The van der Waals surface area contributed by atoms with Crippen LogP contribution in [0.2, 0.25) is 0 Å². The van der Waals surface area contributed by atoms with Gasteiger partial charge in [0.25, 0.3) is 0 Å². The van der Waals surface area contributed by atoms with Crippen LogP contribution in [-0.2, 0) is 11.4 Å². The number of aliphatic carboxylic acids is 1. The number of carboxylic acid groups (broad SMARTS) is 1. The number of carbonyl (C=O) groups is 1. The van der Waals surface area contributed by atoms with E-state index >= 15 is 0 Å². The molecule has 0 spiro atoms. The van der Waals surface area contributed by atoms with E-state index in [2.05, 4.69) is 5.32 Å². The maximum Gasteiger partial charge on any atom is 0.327 e. The molecule has 1 aromatic rings. The van der Waals surface area contributed by atoms with Gasteiger partial charge in [0.2, 0.25) is 0 Å². The van der Waals surface area contributed by atoms with Crippen molar-refractivity contribution in [3.63, 3.8) is 0 Å². The van der Waals surface area contributed by atoms with Gasteiger partial charge in [-0.3, -0.25) is 10.1 Å². The molecule has 1 aliphatic rings. The number of rotatable bonds is 9. The third kappa shape index (κ3) is 3.74. The van der Waals surface area contributed by atoms with Crippen molar-refractivity contribution in [2.24, 2.45) is 5.92 Å². The largest absolute Gasteiger partial charge is 0.491 e. The molecular weight excluding hydrogens is 270 g/mol. The number of hydrogen-bond donors (Lipinski definition) is 3. The standard InChI is InChI=1S/C16H23NO4/c1-2-8-17-16(15(19)20,13-6-7-13)11-21-14-5-3-4-12(9-14)10-18/h3-5,9,13,17-18H,2,6-8,10-11H2,1H3,(H,19,20). The van der Waals surface area contributed by atoms with Gasteiger partial charge in [0.15, 0.2) is 5.54 Å². The van der Waals surface area contributed by atoms with Gasteiger partial charge in [-0.2, -0.15) is 0 Å². The Bertz CT molecular complexity index is 487. The number of ether oxygens (including phenoxy) is 1. The van der Waals surface area contributed by atoms with Crippen molar-refractivity contribution in [1.82, 2.24) is 5.32 Å². The molecule has 1 aliphatic carbocycles. The van der Waals surface area contributed by atoms with Gasteiger partial charge in [-0.25, -0.2) is 0 Å².